The van der Waals surface area contributed by atoms with E-state index in [-0.39, 0.29) is 5.91 Å². The molecular weight excluding hydrogens is 316 g/mol. The predicted octanol–water partition coefficient (Wildman–Crippen LogP) is 2.82. The molecule has 22 heavy (non-hydrogen) atoms. The zero-order valence-corrected chi connectivity index (χ0v) is 13.6. The highest BCUT2D eigenvalue weighted by molar-refractivity contribution is 7.20. The van der Waals surface area contributed by atoms with Crippen molar-refractivity contribution in [3.63, 3.8) is 0 Å². The highest BCUT2D eigenvalue weighted by Crippen LogP contribution is 2.27. The van der Waals surface area contributed by atoms with Crippen LogP contribution in [0.3, 0.4) is 0 Å². The van der Waals surface area contributed by atoms with Crippen LogP contribution < -0.4 is 5.32 Å². The van der Waals surface area contributed by atoms with E-state index in [1.165, 1.54) is 0 Å². The van der Waals surface area contributed by atoms with Gasteiger partial charge in [0.25, 0.3) is 0 Å². The molecule has 1 amide bonds. The number of nitrogens with one attached hydrogen (secondary N) is 1. The number of imidazole rings is 1. The summed E-state index contributed by atoms with van der Waals surface area (Å²) in [6.45, 7) is 1.53. The molecule has 0 aromatic carbocycles. The fourth-order valence-corrected chi connectivity index (χ4v) is 3.67. The van der Waals surface area contributed by atoms with E-state index in [9.17, 15) is 4.79 Å². The Morgan fingerprint density at radius 3 is 3.09 bits per heavy atom. The van der Waals surface area contributed by atoms with Gasteiger partial charge >= 0.3 is 0 Å². The van der Waals surface area contributed by atoms with E-state index in [2.05, 4.69) is 15.3 Å². The number of aromatic nitrogens is 3. The molecule has 114 valence electrons. The number of amides is 1. The van der Waals surface area contributed by atoms with Gasteiger partial charge in [-0.3, -0.25) is 4.79 Å². The molecule has 3 heterocycles. The number of thiazole rings is 1. The first-order valence-corrected chi connectivity index (χ1v) is 8.78. The van der Waals surface area contributed by atoms with E-state index in [0.29, 0.717) is 13.0 Å². The van der Waals surface area contributed by atoms with Crippen LogP contribution in [0.25, 0.3) is 9.88 Å². The molecule has 0 aliphatic carbocycles. The number of rotatable bonds is 7. The average Bonchev–Trinajstić information content (AvgIpc) is 3.24. The number of hydrogen-bond donors (Lipinski definition) is 1. The lowest BCUT2D eigenvalue weighted by Gasteiger charge is -2.04. The molecule has 0 saturated carbocycles. The highest BCUT2D eigenvalue weighted by atomic mass is 32.1. The van der Waals surface area contributed by atoms with Crippen LogP contribution >= 0.6 is 22.7 Å². The molecule has 0 saturated heterocycles. The first kappa shape index (κ1) is 14.9. The van der Waals surface area contributed by atoms with Crippen LogP contribution in [-0.2, 0) is 17.8 Å². The van der Waals surface area contributed by atoms with Gasteiger partial charge in [-0.1, -0.05) is 6.07 Å². The molecule has 5 nitrogen and oxygen atoms in total. The first-order chi connectivity index (χ1) is 10.8. The molecule has 3 aromatic heterocycles. The van der Waals surface area contributed by atoms with Crippen molar-refractivity contribution >= 4 is 28.6 Å². The van der Waals surface area contributed by atoms with Crippen LogP contribution in [0.4, 0.5) is 0 Å². The van der Waals surface area contributed by atoms with Crippen LogP contribution in [0.5, 0.6) is 0 Å². The summed E-state index contributed by atoms with van der Waals surface area (Å²) in [5.41, 5.74) is 0.834. The molecule has 0 unspecified atom stereocenters. The van der Waals surface area contributed by atoms with E-state index in [0.717, 1.165) is 28.5 Å². The Morgan fingerprint density at radius 2 is 2.32 bits per heavy atom. The summed E-state index contributed by atoms with van der Waals surface area (Å²) in [5.74, 6) is 0.0219. The van der Waals surface area contributed by atoms with Gasteiger partial charge in [0.15, 0.2) is 0 Å². The van der Waals surface area contributed by atoms with Gasteiger partial charge in [-0.05, 0) is 17.9 Å². The van der Waals surface area contributed by atoms with Crippen LogP contribution in [-0.4, -0.2) is 27.0 Å². The standard InChI is InChI=1S/C15H16N4OS2/c20-14(17-4-2-6-19-7-5-16-11-19)9-12-10-22-15(18-12)13-3-1-8-21-13/h1,3,5,7-8,10-11H,2,4,6,9H2,(H,17,20). The van der Waals surface area contributed by atoms with E-state index < -0.39 is 0 Å². The van der Waals surface area contributed by atoms with Gasteiger partial charge < -0.3 is 9.88 Å². The summed E-state index contributed by atoms with van der Waals surface area (Å²) in [6, 6.07) is 4.05. The van der Waals surface area contributed by atoms with E-state index in [4.69, 9.17) is 0 Å². The summed E-state index contributed by atoms with van der Waals surface area (Å²) in [5, 5.41) is 7.91. The third-order valence-electron chi connectivity index (χ3n) is 3.10. The fourth-order valence-electron chi connectivity index (χ4n) is 2.04. The Morgan fingerprint density at radius 1 is 1.36 bits per heavy atom. The van der Waals surface area contributed by atoms with Crippen molar-refractivity contribution in [1.82, 2.24) is 19.9 Å². The van der Waals surface area contributed by atoms with E-state index in [1.807, 2.05) is 33.7 Å². The van der Waals surface area contributed by atoms with Gasteiger partial charge in [-0.15, -0.1) is 22.7 Å². The first-order valence-electron chi connectivity index (χ1n) is 7.02. The maximum absolute atomic E-state index is 11.9. The van der Waals surface area contributed by atoms with Crippen LogP contribution in [0.15, 0.2) is 41.6 Å². The minimum absolute atomic E-state index is 0.0219. The lowest BCUT2D eigenvalue weighted by molar-refractivity contribution is -0.120. The number of carbonyl (C=O) groups is 1. The molecule has 0 aliphatic heterocycles. The fraction of sp³-hybridized carbons (Fsp3) is 0.267. The molecule has 0 radical (unpaired) electrons. The second kappa shape index (κ2) is 7.33. The van der Waals surface area contributed by atoms with Crippen molar-refractivity contribution < 1.29 is 4.79 Å². The smallest absolute Gasteiger partial charge is 0.226 e. The Kier molecular flexibility index (Phi) is 4.97. The van der Waals surface area contributed by atoms with Crippen molar-refractivity contribution in [3.05, 3.63) is 47.3 Å². The Labute approximate surface area is 136 Å². The SMILES string of the molecule is O=C(Cc1csc(-c2cccs2)n1)NCCCn1ccnc1. The van der Waals surface area contributed by atoms with Crippen molar-refractivity contribution in [2.24, 2.45) is 0 Å². The molecule has 0 fully saturated rings. The molecule has 3 rings (SSSR count). The molecule has 3 aromatic rings. The molecule has 7 heteroatoms. The van der Waals surface area contributed by atoms with E-state index >= 15 is 0 Å². The van der Waals surface area contributed by atoms with Crippen molar-refractivity contribution in [3.8, 4) is 9.88 Å². The Hall–Kier alpha value is -1.99. The highest BCUT2D eigenvalue weighted by Gasteiger charge is 2.09. The summed E-state index contributed by atoms with van der Waals surface area (Å²) >= 11 is 3.25. The molecule has 1 N–H and O–H groups in total. The number of nitrogens with zero attached hydrogens (tertiary/aromatic N) is 3. The molecule has 0 aliphatic rings. The Balaban J connectivity index is 1.42. The maximum Gasteiger partial charge on any atom is 0.226 e. The number of thiophene rings is 1. The normalized spacial score (nSPS) is 10.7. The van der Waals surface area contributed by atoms with Gasteiger partial charge in [0.05, 0.1) is 23.3 Å². The summed E-state index contributed by atoms with van der Waals surface area (Å²) < 4.78 is 2.00. The quantitative estimate of drug-likeness (QED) is 0.677. The van der Waals surface area contributed by atoms with Crippen LogP contribution in [0, 0.1) is 0 Å². The van der Waals surface area contributed by atoms with Crippen molar-refractivity contribution in [1.29, 1.82) is 0 Å². The minimum Gasteiger partial charge on any atom is -0.356 e. The van der Waals surface area contributed by atoms with Gasteiger partial charge in [0.1, 0.15) is 5.01 Å². The zero-order chi connectivity index (χ0) is 15.2. The van der Waals surface area contributed by atoms with Crippen molar-refractivity contribution in [2.75, 3.05) is 6.54 Å². The van der Waals surface area contributed by atoms with Gasteiger partial charge in [-0.2, -0.15) is 0 Å². The largest absolute Gasteiger partial charge is 0.356 e. The third-order valence-corrected chi connectivity index (χ3v) is 5.03. The topological polar surface area (TPSA) is 59.8 Å². The average molecular weight is 332 g/mol. The Bertz CT molecular complexity index is 704. The summed E-state index contributed by atoms with van der Waals surface area (Å²) in [4.78, 5) is 21.6. The second-order valence-corrected chi connectivity index (χ2v) is 6.61. The number of carbonyl (C=O) groups excluding carboxylic acids is 1. The lowest BCUT2D eigenvalue weighted by Crippen LogP contribution is -2.26. The van der Waals surface area contributed by atoms with Gasteiger partial charge in [0.2, 0.25) is 5.91 Å². The second-order valence-electron chi connectivity index (χ2n) is 4.80. The van der Waals surface area contributed by atoms with Crippen LogP contribution in [0.2, 0.25) is 0 Å². The third kappa shape index (κ3) is 4.02. The van der Waals surface area contributed by atoms with Gasteiger partial charge in [0, 0.05) is 30.9 Å². The monoisotopic (exact) mass is 332 g/mol. The van der Waals surface area contributed by atoms with Crippen molar-refractivity contribution in [2.45, 2.75) is 19.4 Å². The molecule has 0 bridgehead atoms. The maximum atomic E-state index is 11.9. The van der Waals surface area contributed by atoms with Gasteiger partial charge in [-0.25, -0.2) is 9.97 Å². The van der Waals surface area contributed by atoms with E-state index in [1.54, 1.807) is 35.2 Å². The minimum atomic E-state index is 0.0219. The zero-order valence-electron chi connectivity index (χ0n) is 11.9. The lowest BCUT2D eigenvalue weighted by atomic mass is 10.3. The summed E-state index contributed by atoms with van der Waals surface area (Å²) in [6.07, 6.45) is 6.69. The van der Waals surface area contributed by atoms with Crippen LogP contribution in [0.1, 0.15) is 12.1 Å². The predicted molar refractivity (Wildman–Crippen MR) is 89.0 cm³/mol. The number of hydrogen-bond acceptors (Lipinski definition) is 5. The molecule has 0 spiro atoms. The molecule has 0 atom stereocenters. The molecular formula is C15H16N4OS2. The number of aryl methyl sites for hydroxylation is 1. The summed E-state index contributed by atoms with van der Waals surface area (Å²) in [7, 11) is 0.